The predicted molar refractivity (Wildman–Crippen MR) is 107 cm³/mol. The Morgan fingerprint density at radius 2 is 2.11 bits per heavy atom. The number of nitrogens with one attached hydrogen (secondary N) is 3. The monoisotopic (exact) mass is 397 g/mol. The molecule has 0 unspecified atom stereocenters. The molecule has 144 valence electrons. The van der Waals surface area contributed by atoms with Gasteiger partial charge in [0.15, 0.2) is 0 Å². The fourth-order valence-electron chi connectivity index (χ4n) is 3.41. The van der Waals surface area contributed by atoms with E-state index in [1.807, 2.05) is 36.4 Å². The Kier molecular flexibility index (Phi) is 5.16. The van der Waals surface area contributed by atoms with Gasteiger partial charge in [0, 0.05) is 34.4 Å². The molecule has 0 fully saturated rings. The summed E-state index contributed by atoms with van der Waals surface area (Å²) < 4.78 is 0. The lowest BCUT2D eigenvalue weighted by molar-refractivity contribution is -0.120. The standard InChI is InChI=1S/C20H20ClN5O2/c21-13-4-5-17-16(9-13)15-6-8-26(12-18(15)25-17)20(28)24-11-19(27)23-10-14-3-1-2-7-22-14/h1-5,7,9,25H,6,8,10-12H2,(H,23,27)(H,24,28). The van der Waals surface area contributed by atoms with Crippen LogP contribution in [-0.2, 0) is 24.3 Å². The van der Waals surface area contributed by atoms with E-state index >= 15 is 0 Å². The molecule has 3 amide bonds. The number of pyridine rings is 1. The Bertz CT molecular complexity index is 1020. The van der Waals surface area contributed by atoms with Crippen LogP contribution in [0, 0.1) is 0 Å². The van der Waals surface area contributed by atoms with E-state index in [1.54, 1.807) is 11.1 Å². The number of urea groups is 1. The van der Waals surface area contributed by atoms with Gasteiger partial charge in [-0.15, -0.1) is 0 Å². The lowest BCUT2D eigenvalue weighted by Crippen LogP contribution is -2.46. The van der Waals surface area contributed by atoms with Crippen LogP contribution in [-0.4, -0.2) is 39.9 Å². The minimum atomic E-state index is -0.254. The van der Waals surface area contributed by atoms with Crippen molar-refractivity contribution in [3.05, 3.63) is 64.6 Å². The number of benzene rings is 1. The minimum absolute atomic E-state index is 0.0721. The molecule has 28 heavy (non-hydrogen) atoms. The largest absolute Gasteiger partial charge is 0.357 e. The maximum atomic E-state index is 12.4. The second-order valence-corrected chi connectivity index (χ2v) is 7.14. The molecule has 8 heteroatoms. The Morgan fingerprint density at radius 3 is 2.93 bits per heavy atom. The van der Waals surface area contributed by atoms with Gasteiger partial charge in [0.1, 0.15) is 0 Å². The summed E-state index contributed by atoms with van der Waals surface area (Å²) in [6, 6.07) is 11.0. The Morgan fingerprint density at radius 1 is 1.21 bits per heavy atom. The molecule has 3 heterocycles. The Hall–Kier alpha value is -3.06. The number of hydrogen-bond acceptors (Lipinski definition) is 3. The molecule has 3 aromatic rings. The second-order valence-electron chi connectivity index (χ2n) is 6.70. The highest BCUT2D eigenvalue weighted by Crippen LogP contribution is 2.29. The van der Waals surface area contributed by atoms with Crippen molar-refractivity contribution in [3.8, 4) is 0 Å². The van der Waals surface area contributed by atoms with E-state index in [1.165, 1.54) is 5.56 Å². The van der Waals surface area contributed by atoms with Crippen molar-refractivity contribution in [2.75, 3.05) is 13.1 Å². The third-order valence-electron chi connectivity index (χ3n) is 4.82. The van der Waals surface area contributed by atoms with Crippen LogP contribution in [0.3, 0.4) is 0 Å². The summed E-state index contributed by atoms with van der Waals surface area (Å²) in [5.74, 6) is -0.253. The number of halogens is 1. The second kappa shape index (κ2) is 7.90. The number of amides is 3. The summed E-state index contributed by atoms with van der Waals surface area (Å²) in [7, 11) is 0. The number of rotatable bonds is 4. The Labute approximate surface area is 167 Å². The van der Waals surface area contributed by atoms with Gasteiger partial charge in [0.05, 0.1) is 25.3 Å². The number of nitrogens with zero attached hydrogens (tertiary/aromatic N) is 2. The van der Waals surface area contributed by atoms with Crippen molar-refractivity contribution in [1.29, 1.82) is 0 Å². The molecule has 0 saturated carbocycles. The zero-order valence-corrected chi connectivity index (χ0v) is 15.9. The molecule has 1 aromatic carbocycles. The number of carbonyl (C=O) groups is 2. The Balaban J connectivity index is 1.31. The van der Waals surface area contributed by atoms with Gasteiger partial charge < -0.3 is 20.5 Å². The molecule has 7 nitrogen and oxygen atoms in total. The van der Waals surface area contributed by atoms with Gasteiger partial charge in [0.2, 0.25) is 5.91 Å². The third-order valence-corrected chi connectivity index (χ3v) is 5.05. The van der Waals surface area contributed by atoms with Gasteiger partial charge in [-0.3, -0.25) is 9.78 Å². The molecular formula is C20H20ClN5O2. The van der Waals surface area contributed by atoms with Crippen LogP contribution in [0.25, 0.3) is 10.9 Å². The predicted octanol–water partition coefficient (Wildman–Crippen LogP) is 2.60. The molecule has 4 rings (SSSR count). The highest BCUT2D eigenvalue weighted by atomic mass is 35.5. The molecule has 0 saturated heterocycles. The highest BCUT2D eigenvalue weighted by molar-refractivity contribution is 6.31. The molecule has 0 atom stereocenters. The van der Waals surface area contributed by atoms with Crippen molar-refractivity contribution in [3.63, 3.8) is 0 Å². The highest BCUT2D eigenvalue weighted by Gasteiger charge is 2.24. The van der Waals surface area contributed by atoms with Crippen LogP contribution < -0.4 is 10.6 Å². The van der Waals surface area contributed by atoms with Crippen LogP contribution in [0.2, 0.25) is 5.02 Å². The first-order valence-electron chi connectivity index (χ1n) is 9.08. The molecular weight excluding hydrogens is 378 g/mol. The maximum Gasteiger partial charge on any atom is 0.318 e. The lowest BCUT2D eigenvalue weighted by atomic mass is 10.0. The van der Waals surface area contributed by atoms with E-state index in [2.05, 4.69) is 20.6 Å². The molecule has 3 N–H and O–H groups in total. The zero-order valence-electron chi connectivity index (χ0n) is 15.2. The molecule has 1 aliphatic rings. The first kappa shape index (κ1) is 18.3. The van der Waals surface area contributed by atoms with Gasteiger partial charge in [-0.2, -0.15) is 0 Å². The molecule has 0 radical (unpaired) electrons. The summed E-state index contributed by atoms with van der Waals surface area (Å²) in [5, 5.41) is 7.23. The molecule has 0 spiro atoms. The molecule has 0 aliphatic carbocycles. The van der Waals surface area contributed by atoms with Crippen LogP contribution in [0.4, 0.5) is 4.79 Å². The van der Waals surface area contributed by atoms with Crippen molar-refractivity contribution in [2.24, 2.45) is 0 Å². The smallest absolute Gasteiger partial charge is 0.318 e. The molecule has 2 aromatic heterocycles. The van der Waals surface area contributed by atoms with Crippen molar-refractivity contribution < 1.29 is 9.59 Å². The first-order chi connectivity index (χ1) is 13.6. The average molecular weight is 398 g/mol. The van der Waals surface area contributed by atoms with Crippen molar-refractivity contribution in [2.45, 2.75) is 19.5 Å². The normalized spacial score (nSPS) is 13.2. The topological polar surface area (TPSA) is 90.1 Å². The SMILES string of the molecule is O=C(CNC(=O)N1CCc2c([nH]c3ccc(Cl)cc23)C1)NCc1ccccn1. The van der Waals surface area contributed by atoms with E-state index in [9.17, 15) is 9.59 Å². The van der Waals surface area contributed by atoms with Gasteiger partial charge in [-0.1, -0.05) is 17.7 Å². The first-order valence-corrected chi connectivity index (χ1v) is 9.46. The average Bonchev–Trinajstić information content (AvgIpc) is 3.08. The van der Waals surface area contributed by atoms with Gasteiger partial charge in [-0.05, 0) is 42.3 Å². The number of carbonyl (C=O) groups excluding carboxylic acids is 2. The number of hydrogen-bond donors (Lipinski definition) is 3. The van der Waals surface area contributed by atoms with E-state index in [0.29, 0.717) is 24.7 Å². The molecule has 0 bridgehead atoms. The fraction of sp³-hybridized carbons (Fsp3) is 0.250. The summed E-state index contributed by atoms with van der Waals surface area (Å²) in [6.45, 7) is 1.33. The minimum Gasteiger partial charge on any atom is -0.357 e. The lowest BCUT2D eigenvalue weighted by Gasteiger charge is -2.27. The van der Waals surface area contributed by atoms with E-state index in [4.69, 9.17) is 11.6 Å². The molecule has 1 aliphatic heterocycles. The number of H-pyrrole nitrogens is 1. The van der Waals surface area contributed by atoms with Gasteiger partial charge >= 0.3 is 6.03 Å². The van der Waals surface area contributed by atoms with Crippen molar-refractivity contribution in [1.82, 2.24) is 25.5 Å². The third kappa shape index (κ3) is 3.94. The van der Waals surface area contributed by atoms with Crippen LogP contribution in [0.15, 0.2) is 42.6 Å². The summed E-state index contributed by atoms with van der Waals surface area (Å²) in [5.41, 5.74) is 4.00. The number of fused-ring (bicyclic) bond motifs is 3. The summed E-state index contributed by atoms with van der Waals surface area (Å²) in [6.07, 6.45) is 2.42. The van der Waals surface area contributed by atoms with Gasteiger partial charge in [-0.25, -0.2) is 4.79 Å². The van der Waals surface area contributed by atoms with Crippen LogP contribution in [0.5, 0.6) is 0 Å². The van der Waals surface area contributed by atoms with Crippen LogP contribution in [0.1, 0.15) is 17.0 Å². The van der Waals surface area contributed by atoms with Gasteiger partial charge in [0.25, 0.3) is 0 Å². The summed E-state index contributed by atoms with van der Waals surface area (Å²) >= 11 is 6.10. The van der Waals surface area contributed by atoms with E-state index < -0.39 is 0 Å². The van der Waals surface area contributed by atoms with E-state index in [0.717, 1.165) is 28.7 Å². The van der Waals surface area contributed by atoms with E-state index in [-0.39, 0.29) is 18.5 Å². The zero-order chi connectivity index (χ0) is 19.5. The van der Waals surface area contributed by atoms with Crippen LogP contribution >= 0.6 is 11.6 Å². The fourth-order valence-corrected chi connectivity index (χ4v) is 3.58. The quantitative estimate of drug-likeness (QED) is 0.632. The summed E-state index contributed by atoms with van der Waals surface area (Å²) in [4.78, 5) is 33.6. The number of aromatic nitrogens is 2. The number of aromatic amines is 1. The van der Waals surface area contributed by atoms with Crippen molar-refractivity contribution >= 4 is 34.4 Å². The maximum absolute atomic E-state index is 12.4.